The zero-order valence-electron chi connectivity index (χ0n) is 12.0. The predicted octanol–water partition coefficient (Wildman–Crippen LogP) is 1.80. The number of nitro benzene ring substituents is 1. The Morgan fingerprint density at radius 1 is 1.17 bits per heavy atom. The zero-order chi connectivity index (χ0) is 17.2. The van der Waals surface area contributed by atoms with Crippen LogP contribution in [-0.4, -0.2) is 19.2 Å². The molecule has 0 atom stereocenters. The Hall–Kier alpha value is -2.78. The summed E-state index contributed by atoms with van der Waals surface area (Å²) in [7, 11) is -3.81. The van der Waals surface area contributed by atoms with E-state index in [1.165, 1.54) is 42.5 Å². The molecule has 0 aliphatic carbocycles. The average Bonchev–Trinajstić information content (AvgIpc) is 2.47. The summed E-state index contributed by atoms with van der Waals surface area (Å²) in [5.41, 5.74) is 0.759. The molecule has 0 saturated heterocycles. The van der Waals surface area contributed by atoms with Gasteiger partial charge in [0.25, 0.3) is 11.6 Å². The molecule has 2 aromatic rings. The monoisotopic (exact) mass is 335 g/mol. The van der Waals surface area contributed by atoms with E-state index in [4.69, 9.17) is 5.14 Å². The van der Waals surface area contributed by atoms with Crippen molar-refractivity contribution in [2.24, 2.45) is 5.14 Å². The van der Waals surface area contributed by atoms with Gasteiger partial charge in [0.05, 0.1) is 9.82 Å². The van der Waals surface area contributed by atoms with E-state index in [-0.39, 0.29) is 16.1 Å². The van der Waals surface area contributed by atoms with Crippen molar-refractivity contribution in [1.29, 1.82) is 0 Å². The van der Waals surface area contributed by atoms with Crippen LogP contribution in [-0.2, 0) is 10.0 Å². The van der Waals surface area contributed by atoms with Crippen LogP contribution < -0.4 is 10.5 Å². The largest absolute Gasteiger partial charge is 0.322 e. The molecule has 3 N–H and O–H groups in total. The van der Waals surface area contributed by atoms with E-state index in [0.29, 0.717) is 11.3 Å². The van der Waals surface area contributed by atoms with Gasteiger partial charge in [0.1, 0.15) is 0 Å². The fourth-order valence-electron chi connectivity index (χ4n) is 1.88. The van der Waals surface area contributed by atoms with Crippen molar-refractivity contribution in [1.82, 2.24) is 0 Å². The summed E-state index contributed by atoms with van der Waals surface area (Å²) in [6.45, 7) is 1.58. The molecule has 0 radical (unpaired) electrons. The van der Waals surface area contributed by atoms with Crippen molar-refractivity contribution in [2.75, 3.05) is 5.32 Å². The summed E-state index contributed by atoms with van der Waals surface area (Å²) in [6.07, 6.45) is 0. The van der Waals surface area contributed by atoms with Crippen molar-refractivity contribution in [2.45, 2.75) is 11.8 Å². The smallest absolute Gasteiger partial charge is 0.273 e. The summed E-state index contributed by atoms with van der Waals surface area (Å²) in [5, 5.41) is 18.4. The highest BCUT2D eigenvalue weighted by atomic mass is 32.2. The molecular weight excluding hydrogens is 322 g/mol. The third-order valence-electron chi connectivity index (χ3n) is 3.11. The number of hydrogen-bond donors (Lipinski definition) is 2. The van der Waals surface area contributed by atoms with Crippen LogP contribution in [0.25, 0.3) is 0 Å². The van der Waals surface area contributed by atoms with Crippen LogP contribution in [0, 0.1) is 17.0 Å². The molecule has 120 valence electrons. The third kappa shape index (κ3) is 3.90. The van der Waals surface area contributed by atoms with Gasteiger partial charge in [0.15, 0.2) is 0 Å². The van der Waals surface area contributed by atoms with Gasteiger partial charge in [-0.15, -0.1) is 0 Å². The lowest BCUT2D eigenvalue weighted by Gasteiger charge is -2.07. The third-order valence-corrected chi connectivity index (χ3v) is 4.04. The number of rotatable bonds is 4. The van der Waals surface area contributed by atoms with Crippen molar-refractivity contribution in [3.63, 3.8) is 0 Å². The normalized spacial score (nSPS) is 11.0. The topological polar surface area (TPSA) is 132 Å². The number of hydrogen-bond acceptors (Lipinski definition) is 5. The average molecular weight is 335 g/mol. The molecule has 0 aliphatic heterocycles. The second-order valence-corrected chi connectivity index (χ2v) is 6.34. The van der Waals surface area contributed by atoms with Gasteiger partial charge in [-0.25, -0.2) is 13.6 Å². The molecule has 0 saturated carbocycles. The van der Waals surface area contributed by atoms with Crippen molar-refractivity contribution in [3.8, 4) is 0 Å². The van der Waals surface area contributed by atoms with Crippen LogP contribution >= 0.6 is 0 Å². The van der Waals surface area contributed by atoms with Crippen LogP contribution in [0.4, 0.5) is 11.4 Å². The fraction of sp³-hybridized carbons (Fsp3) is 0.0714. The van der Waals surface area contributed by atoms with Gasteiger partial charge in [0.2, 0.25) is 10.0 Å². The number of amides is 1. The molecule has 0 heterocycles. The number of sulfonamides is 1. The highest BCUT2D eigenvalue weighted by Gasteiger charge is 2.15. The summed E-state index contributed by atoms with van der Waals surface area (Å²) in [5.74, 6) is -0.545. The van der Waals surface area contributed by atoms with Crippen molar-refractivity contribution in [3.05, 3.63) is 63.7 Å². The van der Waals surface area contributed by atoms with E-state index in [2.05, 4.69) is 5.32 Å². The number of anilines is 1. The van der Waals surface area contributed by atoms with E-state index in [1.807, 2.05) is 0 Å². The van der Waals surface area contributed by atoms with Crippen LogP contribution in [0.2, 0.25) is 0 Å². The number of nitrogens with zero attached hydrogens (tertiary/aromatic N) is 1. The lowest BCUT2D eigenvalue weighted by molar-refractivity contribution is -0.385. The summed E-state index contributed by atoms with van der Waals surface area (Å²) in [6, 6.07) is 9.39. The first-order chi connectivity index (χ1) is 10.7. The van der Waals surface area contributed by atoms with E-state index < -0.39 is 20.9 Å². The Kier molecular flexibility index (Phi) is 4.43. The number of nitrogens with two attached hydrogens (primary N) is 1. The molecule has 23 heavy (non-hydrogen) atoms. The number of carbonyl (C=O) groups excluding carboxylic acids is 1. The number of aryl methyl sites for hydroxylation is 1. The maximum atomic E-state index is 12.1. The molecule has 8 nitrogen and oxygen atoms in total. The first-order valence-corrected chi connectivity index (χ1v) is 7.92. The molecule has 0 bridgehead atoms. The molecule has 2 aromatic carbocycles. The van der Waals surface area contributed by atoms with Crippen LogP contribution in [0.3, 0.4) is 0 Å². The van der Waals surface area contributed by atoms with Gasteiger partial charge in [-0.05, 0) is 37.3 Å². The first-order valence-electron chi connectivity index (χ1n) is 6.38. The van der Waals surface area contributed by atoms with Gasteiger partial charge in [-0.2, -0.15) is 0 Å². The highest BCUT2D eigenvalue weighted by molar-refractivity contribution is 7.89. The van der Waals surface area contributed by atoms with E-state index in [1.54, 1.807) is 6.92 Å². The molecule has 0 aliphatic rings. The fourth-order valence-corrected chi connectivity index (χ4v) is 2.39. The van der Waals surface area contributed by atoms with E-state index in [0.717, 1.165) is 0 Å². The summed E-state index contributed by atoms with van der Waals surface area (Å²) in [4.78, 5) is 22.4. The number of benzene rings is 2. The molecule has 9 heteroatoms. The number of nitrogens with one attached hydrogen (secondary N) is 1. The van der Waals surface area contributed by atoms with Gasteiger partial charge >= 0.3 is 0 Å². The van der Waals surface area contributed by atoms with E-state index in [9.17, 15) is 23.3 Å². The molecular formula is C14H13N3O5S. The van der Waals surface area contributed by atoms with Crippen LogP contribution in [0.1, 0.15) is 15.9 Å². The van der Waals surface area contributed by atoms with Crippen LogP contribution in [0.5, 0.6) is 0 Å². The van der Waals surface area contributed by atoms with E-state index >= 15 is 0 Å². The molecule has 0 spiro atoms. The van der Waals surface area contributed by atoms with Crippen LogP contribution in [0.15, 0.2) is 47.4 Å². The summed E-state index contributed by atoms with van der Waals surface area (Å²) < 4.78 is 22.3. The summed E-state index contributed by atoms with van der Waals surface area (Å²) >= 11 is 0. The van der Waals surface area contributed by atoms with Gasteiger partial charge in [0, 0.05) is 22.9 Å². The number of nitro groups is 1. The Morgan fingerprint density at radius 3 is 2.30 bits per heavy atom. The predicted molar refractivity (Wildman–Crippen MR) is 83.6 cm³/mol. The minimum Gasteiger partial charge on any atom is -0.322 e. The SMILES string of the molecule is Cc1ccc(C(=O)Nc2ccc(S(N)(=O)=O)cc2)cc1[N+](=O)[O-]. The zero-order valence-corrected chi connectivity index (χ0v) is 12.8. The standard InChI is InChI=1S/C14H13N3O5S/c1-9-2-3-10(8-13(9)17(19)20)14(18)16-11-4-6-12(7-5-11)23(15,21)22/h2-8H,1H3,(H,16,18)(H2,15,21,22). The molecule has 0 fully saturated rings. The Balaban J connectivity index is 2.22. The number of carbonyl (C=O) groups is 1. The number of primary sulfonamides is 1. The molecule has 0 unspecified atom stereocenters. The van der Waals surface area contributed by atoms with Crippen molar-refractivity contribution < 1.29 is 18.1 Å². The second-order valence-electron chi connectivity index (χ2n) is 4.78. The quantitative estimate of drug-likeness (QED) is 0.649. The second kappa shape index (κ2) is 6.15. The Morgan fingerprint density at radius 2 is 1.78 bits per heavy atom. The van der Waals surface area contributed by atoms with Crippen molar-refractivity contribution >= 4 is 27.3 Å². The Labute approximate surface area is 132 Å². The van der Waals surface area contributed by atoms with Gasteiger partial charge in [-0.1, -0.05) is 6.07 Å². The first kappa shape index (κ1) is 16.6. The molecule has 0 aromatic heterocycles. The lowest BCUT2D eigenvalue weighted by Crippen LogP contribution is -2.14. The minimum absolute atomic E-state index is 0.0820. The minimum atomic E-state index is -3.81. The highest BCUT2D eigenvalue weighted by Crippen LogP contribution is 2.20. The maximum Gasteiger partial charge on any atom is 0.273 e. The Bertz CT molecular complexity index is 876. The molecule has 1 amide bonds. The van der Waals surface area contributed by atoms with Gasteiger partial charge in [-0.3, -0.25) is 14.9 Å². The molecule has 2 rings (SSSR count). The lowest BCUT2D eigenvalue weighted by atomic mass is 10.1. The maximum absolute atomic E-state index is 12.1. The van der Waals surface area contributed by atoms with Gasteiger partial charge < -0.3 is 5.32 Å².